The molecule has 0 spiro atoms. The molecule has 0 aliphatic carbocycles. The van der Waals surface area contributed by atoms with Crippen molar-refractivity contribution in [2.75, 3.05) is 5.32 Å². The van der Waals surface area contributed by atoms with Gasteiger partial charge < -0.3 is 14.8 Å². The van der Waals surface area contributed by atoms with Gasteiger partial charge >= 0.3 is 6.61 Å². The van der Waals surface area contributed by atoms with E-state index in [1.165, 1.54) is 6.07 Å². The zero-order valence-electron chi connectivity index (χ0n) is 15.1. The minimum absolute atomic E-state index is 0.106. The summed E-state index contributed by atoms with van der Waals surface area (Å²) in [6, 6.07) is 20.6. The largest absolute Gasteiger partial charge is 0.485 e. The molecule has 28 heavy (non-hydrogen) atoms. The summed E-state index contributed by atoms with van der Waals surface area (Å²) in [5.74, 6) is 0.635. The number of rotatable bonds is 6. The van der Waals surface area contributed by atoms with E-state index in [2.05, 4.69) is 11.9 Å². The lowest BCUT2D eigenvalue weighted by atomic mass is 9.90. The van der Waals surface area contributed by atoms with Gasteiger partial charge in [0, 0.05) is 23.4 Å². The standard InChI is InChI=1S/C23H19F2NO2/c1-2-7-19-18-14-16(26-15-8-4-3-5-9-15)12-13-17(18)22-20(27-19)10-6-11-21(22)28-23(24)25/h2-6,8-14,19,23,26H,1,7H2. The SMILES string of the molecule is C=CCC1Oc2cccc(OC(F)F)c2-c2ccc(Nc3ccccc3)cc21. The van der Waals surface area contributed by atoms with Gasteiger partial charge in [0.05, 0.1) is 5.56 Å². The predicted molar refractivity (Wildman–Crippen MR) is 106 cm³/mol. The first-order valence-corrected chi connectivity index (χ1v) is 8.97. The summed E-state index contributed by atoms with van der Waals surface area (Å²) in [6.07, 6.45) is 2.14. The van der Waals surface area contributed by atoms with Crippen molar-refractivity contribution in [2.24, 2.45) is 0 Å². The molecule has 1 unspecified atom stereocenters. The molecule has 3 aromatic carbocycles. The molecule has 3 nitrogen and oxygen atoms in total. The van der Waals surface area contributed by atoms with E-state index < -0.39 is 6.61 Å². The monoisotopic (exact) mass is 379 g/mol. The summed E-state index contributed by atoms with van der Waals surface area (Å²) in [5, 5.41) is 3.35. The molecule has 0 saturated heterocycles. The van der Waals surface area contributed by atoms with Crippen LogP contribution in [-0.4, -0.2) is 6.61 Å². The lowest BCUT2D eigenvalue weighted by molar-refractivity contribution is -0.0496. The van der Waals surface area contributed by atoms with Crippen molar-refractivity contribution in [3.05, 3.63) is 84.9 Å². The van der Waals surface area contributed by atoms with Crippen molar-refractivity contribution in [2.45, 2.75) is 19.1 Å². The van der Waals surface area contributed by atoms with Crippen LogP contribution >= 0.6 is 0 Å². The Labute approximate surface area is 162 Å². The van der Waals surface area contributed by atoms with Gasteiger partial charge in [-0.05, 0) is 42.0 Å². The van der Waals surface area contributed by atoms with Crippen LogP contribution in [0.25, 0.3) is 11.1 Å². The number of para-hydroxylation sites is 1. The topological polar surface area (TPSA) is 30.5 Å². The average molecular weight is 379 g/mol. The molecule has 1 aliphatic rings. The molecule has 0 aromatic heterocycles. The highest BCUT2D eigenvalue weighted by atomic mass is 19.3. The highest BCUT2D eigenvalue weighted by Gasteiger charge is 2.29. The number of anilines is 2. The summed E-state index contributed by atoms with van der Waals surface area (Å²) in [5.41, 5.74) is 4.12. The number of alkyl halides is 2. The van der Waals surface area contributed by atoms with Crippen LogP contribution in [0.15, 0.2) is 79.4 Å². The van der Waals surface area contributed by atoms with Gasteiger partial charge in [-0.15, -0.1) is 6.58 Å². The van der Waals surface area contributed by atoms with E-state index >= 15 is 0 Å². The Morgan fingerprint density at radius 3 is 2.61 bits per heavy atom. The Morgan fingerprint density at radius 2 is 1.86 bits per heavy atom. The van der Waals surface area contributed by atoms with Crippen LogP contribution in [0.2, 0.25) is 0 Å². The lowest BCUT2D eigenvalue weighted by Gasteiger charge is -2.30. The molecule has 142 valence electrons. The van der Waals surface area contributed by atoms with E-state index in [1.807, 2.05) is 48.5 Å². The van der Waals surface area contributed by atoms with Gasteiger partial charge in [0.15, 0.2) is 0 Å². The Bertz CT molecular complexity index is 989. The second-order valence-electron chi connectivity index (χ2n) is 6.43. The maximum Gasteiger partial charge on any atom is 0.387 e. The minimum atomic E-state index is -2.90. The summed E-state index contributed by atoms with van der Waals surface area (Å²) < 4.78 is 36.6. The predicted octanol–water partition coefficient (Wildman–Crippen LogP) is 6.71. The number of hydrogen-bond acceptors (Lipinski definition) is 3. The van der Waals surface area contributed by atoms with Gasteiger partial charge in [-0.3, -0.25) is 0 Å². The average Bonchev–Trinajstić information content (AvgIpc) is 2.69. The normalized spacial score (nSPS) is 14.6. The zero-order valence-corrected chi connectivity index (χ0v) is 15.1. The first-order chi connectivity index (χ1) is 13.7. The van der Waals surface area contributed by atoms with Crippen molar-refractivity contribution in [3.63, 3.8) is 0 Å². The summed E-state index contributed by atoms with van der Waals surface area (Å²) in [4.78, 5) is 0. The highest BCUT2D eigenvalue weighted by molar-refractivity contribution is 5.83. The van der Waals surface area contributed by atoms with E-state index in [0.717, 1.165) is 22.5 Å². The number of ether oxygens (including phenoxy) is 2. The van der Waals surface area contributed by atoms with Crippen molar-refractivity contribution < 1.29 is 18.3 Å². The maximum atomic E-state index is 12.9. The Balaban J connectivity index is 1.79. The molecule has 0 bridgehead atoms. The van der Waals surface area contributed by atoms with Crippen LogP contribution in [0, 0.1) is 0 Å². The van der Waals surface area contributed by atoms with Crippen LogP contribution in [0.4, 0.5) is 20.2 Å². The third-order valence-corrected chi connectivity index (χ3v) is 4.58. The van der Waals surface area contributed by atoms with Crippen LogP contribution in [0.1, 0.15) is 18.1 Å². The lowest BCUT2D eigenvalue weighted by Crippen LogP contribution is -2.15. The van der Waals surface area contributed by atoms with Gasteiger partial charge in [0.2, 0.25) is 0 Å². The smallest absolute Gasteiger partial charge is 0.387 e. The molecule has 3 aromatic rings. The molecule has 0 amide bonds. The van der Waals surface area contributed by atoms with Gasteiger partial charge in [-0.2, -0.15) is 8.78 Å². The summed E-state index contributed by atoms with van der Waals surface area (Å²) >= 11 is 0. The van der Waals surface area contributed by atoms with Crippen LogP contribution in [0.5, 0.6) is 11.5 Å². The van der Waals surface area contributed by atoms with Gasteiger partial charge in [-0.1, -0.05) is 36.4 Å². The first kappa shape index (κ1) is 18.0. The molecular formula is C23H19F2NO2. The molecule has 5 heteroatoms. The second kappa shape index (κ2) is 7.72. The number of halogens is 2. The summed E-state index contributed by atoms with van der Waals surface area (Å²) in [7, 11) is 0. The first-order valence-electron chi connectivity index (χ1n) is 8.97. The Kier molecular flexibility index (Phi) is 4.98. The fourth-order valence-corrected chi connectivity index (χ4v) is 3.43. The van der Waals surface area contributed by atoms with Crippen LogP contribution in [-0.2, 0) is 0 Å². The van der Waals surface area contributed by atoms with E-state index in [1.54, 1.807) is 18.2 Å². The quantitative estimate of drug-likeness (QED) is 0.483. The van der Waals surface area contributed by atoms with Crippen molar-refractivity contribution in [1.82, 2.24) is 0 Å². The Morgan fingerprint density at radius 1 is 1.04 bits per heavy atom. The minimum Gasteiger partial charge on any atom is -0.485 e. The van der Waals surface area contributed by atoms with Crippen molar-refractivity contribution >= 4 is 11.4 Å². The molecule has 0 fully saturated rings. The third-order valence-electron chi connectivity index (χ3n) is 4.58. The van der Waals surface area contributed by atoms with Crippen molar-refractivity contribution in [1.29, 1.82) is 0 Å². The van der Waals surface area contributed by atoms with E-state index in [4.69, 9.17) is 9.47 Å². The van der Waals surface area contributed by atoms with Crippen LogP contribution < -0.4 is 14.8 Å². The fraction of sp³-hybridized carbons (Fsp3) is 0.130. The molecule has 1 heterocycles. The number of benzene rings is 3. The number of hydrogen-bond donors (Lipinski definition) is 1. The second-order valence-corrected chi connectivity index (χ2v) is 6.43. The summed E-state index contributed by atoms with van der Waals surface area (Å²) in [6.45, 7) is 0.908. The molecular weight excluding hydrogens is 360 g/mol. The number of fused-ring (bicyclic) bond motifs is 3. The molecule has 0 radical (unpaired) electrons. The molecule has 4 rings (SSSR count). The molecule has 1 N–H and O–H groups in total. The van der Waals surface area contributed by atoms with Gasteiger partial charge in [0.25, 0.3) is 0 Å². The highest BCUT2D eigenvalue weighted by Crippen LogP contribution is 2.49. The van der Waals surface area contributed by atoms with Gasteiger partial charge in [0.1, 0.15) is 17.6 Å². The van der Waals surface area contributed by atoms with E-state index in [9.17, 15) is 8.78 Å². The van der Waals surface area contributed by atoms with Crippen LogP contribution in [0.3, 0.4) is 0 Å². The number of nitrogens with one attached hydrogen (secondary N) is 1. The maximum absolute atomic E-state index is 12.9. The molecule has 1 aliphatic heterocycles. The fourth-order valence-electron chi connectivity index (χ4n) is 3.43. The molecule has 0 saturated carbocycles. The Hall–Kier alpha value is -3.34. The van der Waals surface area contributed by atoms with E-state index in [0.29, 0.717) is 17.7 Å². The third kappa shape index (κ3) is 3.56. The van der Waals surface area contributed by atoms with Gasteiger partial charge in [-0.25, -0.2) is 0 Å². The molecule has 1 atom stereocenters. The zero-order chi connectivity index (χ0) is 19.5. The van der Waals surface area contributed by atoms with E-state index in [-0.39, 0.29) is 11.9 Å². The van der Waals surface area contributed by atoms with Crippen molar-refractivity contribution in [3.8, 4) is 22.6 Å².